The van der Waals surface area contributed by atoms with Gasteiger partial charge in [-0.05, 0) is 42.7 Å². The molecule has 0 spiro atoms. The number of hydrogen-bond donors (Lipinski definition) is 1. The monoisotopic (exact) mass is 360 g/mol. The summed E-state index contributed by atoms with van der Waals surface area (Å²) in [5.41, 5.74) is 3.70. The lowest BCUT2D eigenvalue weighted by molar-refractivity contribution is -0.123. The van der Waals surface area contributed by atoms with Gasteiger partial charge in [0.2, 0.25) is 0 Å². The second kappa shape index (κ2) is 9.00. The Hall–Kier alpha value is -2.14. The third-order valence-electron chi connectivity index (χ3n) is 2.87. The van der Waals surface area contributed by atoms with Crippen LogP contribution in [0.2, 0.25) is 0 Å². The predicted octanol–water partition coefficient (Wildman–Crippen LogP) is 3.56. The number of carbonyl (C=O) groups is 1. The molecule has 0 aliphatic carbocycles. The van der Waals surface area contributed by atoms with Gasteiger partial charge in [-0.1, -0.05) is 46.3 Å². The van der Waals surface area contributed by atoms with Crippen molar-refractivity contribution in [1.82, 2.24) is 5.43 Å². The third kappa shape index (κ3) is 6.10. The summed E-state index contributed by atoms with van der Waals surface area (Å²) in [5.74, 6) is 0.366. The Balaban J connectivity index is 1.63. The van der Waals surface area contributed by atoms with Gasteiger partial charge in [0.1, 0.15) is 5.75 Å². The Morgan fingerprint density at radius 1 is 1.14 bits per heavy atom. The number of benzene rings is 2. The normalized spacial score (nSPS) is 10.6. The number of amides is 1. The number of rotatable bonds is 7. The van der Waals surface area contributed by atoms with E-state index in [9.17, 15) is 4.79 Å². The van der Waals surface area contributed by atoms with E-state index in [4.69, 9.17) is 4.74 Å². The van der Waals surface area contributed by atoms with E-state index in [1.54, 1.807) is 18.3 Å². The molecule has 2 aromatic carbocycles. The number of aryl methyl sites for hydroxylation is 1. The summed E-state index contributed by atoms with van der Waals surface area (Å²) in [7, 11) is 0. The molecule has 0 aromatic heterocycles. The molecule has 0 fully saturated rings. The summed E-state index contributed by atoms with van der Waals surface area (Å²) in [6.45, 7) is -0.0579. The van der Waals surface area contributed by atoms with Gasteiger partial charge in [-0.25, -0.2) is 5.43 Å². The van der Waals surface area contributed by atoms with Gasteiger partial charge >= 0.3 is 0 Å². The Labute approximate surface area is 138 Å². The van der Waals surface area contributed by atoms with Crippen molar-refractivity contribution >= 4 is 28.1 Å². The van der Waals surface area contributed by atoms with Gasteiger partial charge in [0.25, 0.3) is 5.91 Å². The lowest BCUT2D eigenvalue weighted by Crippen LogP contribution is -2.24. The summed E-state index contributed by atoms with van der Waals surface area (Å²) in [6, 6.07) is 17.4. The first-order valence-electron chi connectivity index (χ1n) is 6.97. The molecular formula is C17H17BrN2O2. The van der Waals surface area contributed by atoms with Crippen molar-refractivity contribution in [2.24, 2.45) is 5.10 Å². The molecule has 0 atom stereocenters. The highest BCUT2D eigenvalue weighted by Crippen LogP contribution is 2.15. The SMILES string of the molecule is O=C(COc1ccc(Br)cc1)N/N=C\CCc1ccccc1. The summed E-state index contributed by atoms with van der Waals surface area (Å²) in [5, 5.41) is 3.90. The number of nitrogens with one attached hydrogen (secondary N) is 1. The standard InChI is InChI=1S/C17H17BrN2O2/c18-15-8-10-16(11-9-15)22-13-17(21)20-19-12-4-7-14-5-2-1-3-6-14/h1-3,5-6,8-12H,4,7,13H2,(H,20,21)/b19-12-. The fraction of sp³-hybridized carbons (Fsp3) is 0.176. The molecule has 0 saturated heterocycles. The van der Waals surface area contributed by atoms with E-state index >= 15 is 0 Å². The van der Waals surface area contributed by atoms with Crippen molar-refractivity contribution in [3.05, 3.63) is 64.6 Å². The highest BCUT2D eigenvalue weighted by molar-refractivity contribution is 9.10. The zero-order valence-electron chi connectivity index (χ0n) is 12.0. The molecular weight excluding hydrogens is 344 g/mol. The molecule has 1 amide bonds. The molecule has 22 heavy (non-hydrogen) atoms. The molecule has 0 aliphatic rings. The minimum atomic E-state index is -0.279. The number of hydrogen-bond acceptors (Lipinski definition) is 3. The Morgan fingerprint density at radius 2 is 1.86 bits per heavy atom. The van der Waals surface area contributed by atoms with Crippen molar-refractivity contribution in [3.8, 4) is 5.75 Å². The quantitative estimate of drug-likeness (QED) is 0.606. The fourth-order valence-corrected chi connectivity index (χ4v) is 2.03. The lowest BCUT2D eigenvalue weighted by Gasteiger charge is -2.04. The average Bonchev–Trinajstić information content (AvgIpc) is 2.55. The van der Waals surface area contributed by atoms with E-state index in [1.807, 2.05) is 30.3 Å². The maximum atomic E-state index is 11.6. The number of halogens is 1. The highest BCUT2D eigenvalue weighted by atomic mass is 79.9. The number of ether oxygens (including phenoxy) is 1. The third-order valence-corrected chi connectivity index (χ3v) is 3.40. The van der Waals surface area contributed by atoms with Crippen LogP contribution in [0.3, 0.4) is 0 Å². The van der Waals surface area contributed by atoms with Gasteiger partial charge in [-0.2, -0.15) is 5.10 Å². The van der Waals surface area contributed by atoms with Crippen molar-refractivity contribution in [2.45, 2.75) is 12.8 Å². The maximum absolute atomic E-state index is 11.6. The molecule has 2 rings (SSSR count). The van der Waals surface area contributed by atoms with Crippen LogP contribution in [0.25, 0.3) is 0 Å². The summed E-state index contributed by atoms with van der Waals surface area (Å²) >= 11 is 3.34. The molecule has 0 heterocycles. The van der Waals surface area contributed by atoms with Gasteiger partial charge in [-0.15, -0.1) is 0 Å². The largest absolute Gasteiger partial charge is 0.484 e. The van der Waals surface area contributed by atoms with E-state index in [1.165, 1.54) is 5.56 Å². The van der Waals surface area contributed by atoms with Crippen molar-refractivity contribution in [2.75, 3.05) is 6.61 Å². The second-order valence-corrected chi connectivity index (χ2v) is 5.53. The van der Waals surface area contributed by atoms with E-state index in [0.717, 1.165) is 17.3 Å². The minimum Gasteiger partial charge on any atom is -0.484 e. The number of carbonyl (C=O) groups excluding carboxylic acids is 1. The van der Waals surface area contributed by atoms with Crippen LogP contribution >= 0.6 is 15.9 Å². The number of hydrazone groups is 1. The van der Waals surface area contributed by atoms with Gasteiger partial charge in [0.05, 0.1) is 0 Å². The van der Waals surface area contributed by atoms with E-state index < -0.39 is 0 Å². The van der Waals surface area contributed by atoms with Gasteiger partial charge in [0.15, 0.2) is 6.61 Å². The Morgan fingerprint density at radius 3 is 2.59 bits per heavy atom. The van der Waals surface area contributed by atoms with Crippen LogP contribution in [0.5, 0.6) is 5.75 Å². The first-order valence-corrected chi connectivity index (χ1v) is 7.76. The van der Waals surface area contributed by atoms with Crippen LogP contribution in [0.1, 0.15) is 12.0 Å². The molecule has 114 valence electrons. The first kappa shape index (κ1) is 16.2. The zero-order valence-corrected chi connectivity index (χ0v) is 13.6. The van der Waals surface area contributed by atoms with E-state index in [-0.39, 0.29) is 12.5 Å². The molecule has 2 aromatic rings. The van der Waals surface area contributed by atoms with Gasteiger partial charge in [0, 0.05) is 10.7 Å². The predicted molar refractivity (Wildman–Crippen MR) is 91.0 cm³/mol. The van der Waals surface area contributed by atoms with Crippen LogP contribution in [0.4, 0.5) is 0 Å². The van der Waals surface area contributed by atoms with Crippen LogP contribution in [0.15, 0.2) is 64.2 Å². The number of nitrogens with zero attached hydrogens (tertiary/aromatic N) is 1. The molecule has 0 aliphatic heterocycles. The molecule has 5 heteroatoms. The highest BCUT2D eigenvalue weighted by Gasteiger charge is 2.00. The van der Waals surface area contributed by atoms with Crippen molar-refractivity contribution < 1.29 is 9.53 Å². The molecule has 1 N–H and O–H groups in total. The lowest BCUT2D eigenvalue weighted by atomic mass is 10.1. The topological polar surface area (TPSA) is 50.7 Å². The fourth-order valence-electron chi connectivity index (χ4n) is 1.77. The zero-order chi connectivity index (χ0) is 15.6. The minimum absolute atomic E-state index is 0.0579. The van der Waals surface area contributed by atoms with Crippen LogP contribution < -0.4 is 10.2 Å². The molecule has 4 nitrogen and oxygen atoms in total. The van der Waals surface area contributed by atoms with Crippen LogP contribution in [0, 0.1) is 0 Å². The smallest absolute Gasteiger partial charge is 0.277 e. The summed E-state index contributed by atoms with van der Waals surface area (Å²) < 4.78 is 6.31. The van der Waals surface area contributed by atoms with Crippen molar-refractivity contribution in [1.29, 1.82) is 0 Å². The Bertz CT molecular complexity index is 612. The van der Waals surface area contributed by atoms with Gasteiger partial charge in [-0.3, -0.25) is 4.79 Å². The summed E-state index contributed by atoms with van der Waals surface area (Å²) in [4.78, 5) is 11.6. The van der Waals surface area contributed by atoms with Crippen molar-refractivity contribution in [3.63, 3.8) is 0 Å². The van der Waals surface area contributed by atoms with Crippen LogP contribution in [-0.2, 0) is 11.2 Å². The Kier molecular flexibility index (Phi) is 6.64. The average molecular weight is 361 g/mol. The molecule has 0 radical (unpaired) electrons. The molecule has 0 saturated carbocycles. The molecule has 0 unspecified atom stereocenters. The summed E-state index contributed by atoms with van der Waals surface area (Å²) in [6.07, 6.45) is 3.37. The van der Waals surface area contributed by atoms with E-state index in [0.29, 0.717) is 5.75 Å². The van der Waals surface area contributed by atoms with E-state index in [2.05, 4.69) is 38.6 Å². The first-order chi connectivity index (χ1) is 10.7. The second-order valence-electron chi connectivity index (χ2n) is 4.61. The van der Waals surface area contributed by atoms with Gasteiger partial charge < -0.3 is 4.74 Å². The van der Waals surface area contributed by atoms with Crippen LogP contribution in [-0.4, -0.2) is 18.7 Å². The maximum Gasteiger partial charge on any atom is 0.277 e. The molecule has 0 bridgehead atoms.